The topological polar surface area (TPSA) is 13.1 Å². The third-order valence-corrected chi connectivity index (χ3v) is 4.86. The second-order valence-corrected chi connectivity index (χ2v) is 7.04. The summed E-state index contributed by atoms with van der Waals surface area (Å²) < 4.78 is 7.40. The number of unbranched alkanes of at least 4 members (excludes halogenated alkanes) is 3. The maximum atomic E-state index is 5.17. The number of hydrogen-bond acceptors (Lipinski definition) is 2. The molecule has 0 amide bonds. The number of aryl methyl sites for hydroxylation is 4. The molecule has 2 aromatic rings. The molecule has 21 heavy (non-hydrogen) atoms. The van der Waals surface area contributed by atoms with E-state index in [1.807, 2.05) is 23.5 Å². The van der Waals surface area contributed by atoms with Crippen LogP contribution in [0.15, 0.2) is 30.6 Å². The molecule has 0 atom stereocenters. The molecule has 0 aliphatic carbocycles. The molecule has 0 aliphatic rings. The Morgan fingerprint density at radius 3 is 2.38 bits per heavy atom. The van der Waals surface area contributed by atoms with Crippen LogP contribution < -0.4 is 9.30 Å². The van der Waals surface area contributed by atoms with Gasteiger partial charge in [0.25, 0.3) is 0 Å². The van der Waals surface area contributed by atoms with Crippen LogP contribution in [0, 0.1) is 13.8 Å². The molecule has 0 saturated heterocycles. The van der Waals surface area contributed by atoms with E-state index in [4.69, 9.17) is 4.74 Å². The molecule has 2 rings (SSSR count). The van der Waals surface area contributed by atoms with Crippen molar-refractivity contribution in [3.05, 3.63) is 45.9 Å². The first kappa shape index (κ1) is 16.0. The van der Waals surface area contributed by atoms with Gasteiger partial charge in [0.05, 0.1) is 7.11 Å². The van der Waals surface area contributed by atoms with Gasteiger partial charge >= 0.3 is 0 Å². The first-order valence-electron chi connectivity index (χ1n) is 7.78. The Bertz CT molecular complexity index is 545. The zero-order valence-corrected chi connectivity index (χ0v) is 14.2. The molecular formula is C18H26NOS+. The molecule has 0 bridgehead atoms. The van der Waals surface area contributed by atoms with E-state index in [2.05, 4.69) is 36.9 Å². The summed E-state index contributed by atoms with van der Waals surface area (Å²) in [5.41, 5.74) is 1.56. The smallest absolute Gasteiger partial charge is 0.172 e. The van der Waals surface area contributed by atoms with E-state index >= 15 is 0 Å². The SMILES string of the molecule is COc1cc[n+](CCCCCCc2cc(C)sc2C)cc1. The van der Waals surface area contributed by atoms with Gasteiger partial charge in [0.1, 0.15) is 12.3 Å². The minimum absolute atomic E-state index is 0.924. The summed E-state index contributed by atoms with van der Waals surface area (Å²) in [4.78, 5) is 2.94. The van der Waals surface area contributed by atoms with E-state index in [0.29, 0.717) is 0 Å². The molecule has 2 nitrogen and oxygen atoms in total. The highest BCUT2D eigenvalue weighted by atomic mass is 32.1. The van der Waals surface area contributed by atoms with Crippen molar-refractivity contribution in [3.8, 4) is 5.75 Å². The van der Waals surface area contributed by atoms with Gasteiger partial charge in [0.15, 0.2) is 12.4 Å². The summed E-state index contributed by atoms with van der Waals surface area (Å²) in [6.07, 6.45) is 10.6. The van der Waals surface area contributed by atoms with Crippen molar-refractivity contribution >= 4 is 11.3 Å². The van der Waals surface area contributed by atoms with Gasteiger partial charge in [-0.1, -0.05) is 6.42 Å². The minimum atomic E-state index is 0.924. The number of ether oxygens (including phenoxy) is 1. The molecule has 0 aliphatic heterocycles. The van der Waals surface area contributed by atoms with Gasteiger partial charge in [0.2, 0.25) is 0 Å². The Morgan fingerprint density at radius 1 is 1.05 bits per heavy atom. The molecule has 0 saturated carbocycles. The molecule has 3 heteroatoms. The number of hydrogen-bond donors (Lipinski definition) is 0. The normalized spacial score (nSPS) is 10.8. The fourth-order valence-corrected chi connectivity index (χ4v) is 3.60. The van der Waals surface area contributed by atoms with E-state index in [1.165, 1.54) is 41.9 Å². The molecular weight excluding hydrogens is 278 g/mol. The van der Waals surface area contributed by atoms with Crippen LogP contribution in [0.4, 0.5) is 0 Å². The van der Waals surface area contributed by atoms with Gasteiger partial charge < -0.3 is 4.74 Å². The first-order valence-corrected chi connectivity index (χ1v) is 8.59. The first-order chi connectivity index (χ1) is 10.2. The summed E-state index contributed by atoms with van der Waals surface area (Å²) in [5, 5.41) is 0. The van der Waals surface area contributed by atoms with Crippen LogP contribution in [0.3, 0.4) is 0 Å². The van der Waals surface area contributed by atoms with Crippen molar-refractivity contribution < 1.29 is 9.30 Å². The Hall–Kier alpha value is -1.35. The van der Waals surface area contributed by atoms with E-state index in [0.717, 1.165) is 12.3 Å². The summed E-state index contributed by atoms with van der Waals surface area (Å²) in [7, 11) is 1.70. The van der Waals surface area contributed by atoms with Crippen LogP contribution in [-0.4, -0.2) is 7.11 Å². The highest BCUT2D eigenvalue weighted by Gasteiger charge is 2.03. The maximum Gasteiger partial charge on any atom is 0.172 e. The number of methoxy groups -OCH3 is 1. The summed E-state index contributed by atoms with van der Waals surface area (Å²) in [6, 6.07) is 6.39. The minimum Gasteiger partial charge on any atom is -0.496 e. The van der Waals surface area contributed by atoms with Crippen LogP contribution in [0.2, 0.25) is 0 Å². The molecule has 0 unspecified atom stereocenters. The monoisotopic (exact) mass is 304 g/mol. The summed E-state index contributed by atoms with van der Waals surface area (Å²) >= 11 is 1.92. The lowest BCUT2D eigenvalue weighted by molar-refractivity contribution is -0.697. The molecule has 0 N–H and O–H groups in total. The highest BCUT2D eigenvalue weighted by Crippen LogP contribution is 2.22. The van der Waals surface area contributed by atoms with Crippen LogP contribution in [-0.2, 0) is 13.0 Å². The average molecular weight is 304 g/mol. The zero-order chi connectivity index (χ0) is 15.1. The summed E-state index contributed by atoms with van der Waals surface area (Å²) in [6.45, 7) is 5.54. The summed E-state index contributed by atoms with van der Waals surface area (Å²) in [5.74, 6) is 0.924. The second-order valence-electron chi connectivity index (χ2n) is 5.58. The fourth-order valence-electron chi connectivity index (χ4n) is 2.62. The van der Waals surface area contributed by atoms with E-state index in [9.17, 15) is 0 Å². The van der Waals surface area contributed by atoms with E-state index < -0.39 is 0 Å². The fraction of sp³-hybridized carbons (Fsp3) is 0.500. The highest BCUT2D eigenvalue weighted by molar-refractivity contribution is 7.12. The Balaban J connectivity index is 1.60. The van der Waals surface area contributed by atoms with Gasteiger partial charge in [-0.3, -0.25) is 0 Å². The third-order valence-electron chi connectivity index (χ3n) is 3.85. The zero-order valence-electron chi connectivity index (χ0n) is 13.4. The molecule has 0 spiro atoms. The number of nitrogens with zero attached hydrogens (tertiary/aromatic N) is 1. The van der Waals surface area contributed by atoms with Crippen LogP contribution >= 0.6 is 11.3 Å². The quantitative estimate of drug-likeness (QED) is 0.518. The lowest BCUT2D eigenvalue weighted by Crippen LogP contribution is -2.32. The van der Waals surface area contributed by atoms with Gasteiger partial charge in [-0.25, -0.2) is 4.57 Å². The molecule has 0 fully saturated rings. The average Bonchev–Trinajstić information content (AvgIpc) is 2.81. The largest absolute Gasteiger partial charge is 0.496 e. The van der Waals surface area contributed by atoms with Gasteiger partial charge in [0, 0.05) is 28.3 Å². The Labute approximate surface area is 132 Å². The molecule has 114 valence electrons. The van der Waals surface area contributed by atoms with Crippen LogP contribution in [0.5, 0.6) is 5.75 Å². The molecule has 2 heterocycles. The van der Waals surface area contributed by atoms with Gasteiger partial charge in [-0.05, 0) is 44.7 Å². The number of rotatable bonds is 8. The number of thiophene rings is 1. The van der Waals surface area contributed by atoms with Gasteiger partial charge in [-0.2, -0.15) is 0 Å². The van der Waals surface area contributed by atoms with Crippen LogP contribution in [0.1, 0.15) is 41.0 Å². The predicted octanol–water partition coefficient (Wildman–Crippen LogP) is 4.46. The molecule has 2 aromatic heterocycles. The predicted molar refractivity (Wildman–Crippen MR) is 89.2 cm³/mol. The number of aromatic nitrogens is 1. The van der Waals surface area contributed by atoms with Crippen molar-refractivity contribution in [3.63, 3.8) is 0 Å². The number of pyridine rings is 1. The Morgan fingerprint density at radius 2 is 1.76 bits per heavy atom. The Kier molecular flexibility index (Phi) is 6.24. The van der Waals surface area contributed by atoms with Crippen molar-refractivity contribution in [2.75, 3.05) is 7.11 Å². The second kappa shape index (κ2) is 8.18. The third kappa shape index (κ3) is 5.16. The maximum absolute atomic E-state index is 5.17. The van der Waals surface area contributed by atoms with Gasteiger partial charge in [-0.15, -0.1) is 11.3 Å². The van der Waals surface area contributed by atoms with Crippen molar-refractivity contribution in [2.45, 2.75) is 52.5 Å². The lowest BCUT2D eigenvalue weighted by atomic mass is 10.1. The van der Waals surface area contributed by atoms with E-state index in [1.54, 1.807) is 12.7 Å². The lowest BCUT2D eigenvalue weighted by Gasteiger charge is -2.01. The van der Waals surface area contributed by atoms with E-state index in [-0.39, 0.29) is 0 Å². The van der Waals surface area contributed by atoms with Crippen molar-refractivity contribution in [1.82, 2.24) is 0 Å². The van der Waals surface area contributed by atoms with Crippen LogP contribution in [0.25, 0.3) is 0 Å². The van der Waals surface area contributed by atoms with Crippen molar-refractivity contribution in [2.24, 2.45) is 0 Å². The standard InChI is InChI=1S/C18H26NOS/c1-15-14-17(16(2)21-15)8-6-4-5-7-11-19-12-9-18(20-3)10-13-19/h9-10,12-14H,4-8,11H2,1-3H3/q+1. The molecule has 0 radical (unpaired) electrons. The molecule has 0 aromatic carbocycles. The van der Waals surface area contributed by atoms with Crippen molar-refractivity contribution in [1.29, 1.82) is 0 Å².